The second-order valence-corrected chi connectivity index (χ2v) is 5.84. The number of aromatic nitrogens is 1. The summed E-state index contributed by atoms with van der Waals surface area (Å²) in [4.78, 5) is 22.2. The fourth-order valence-corrected chi connectivity index (χ4v) is 3.02. The number of fused-ring (bicyclic) bond motifs is 1. The molecule has 0 aliphatic carbocycles. The van der Waals surface area contributed by atoms with Gasteiger partial charge in [-0.1, -0.05) is 17.7 Å². The zero-order valence-electron chi connectivity index (χ0n) is 13.1. The number of nitrogens with zero attached hydrogens (tertiary/aromatic N) is 1. The Labute approximate surface area is 147 Å². The van der Waals surface area contributed by atoms with Crippen LogP contribution in [0.5, 0.6) is 5.75 Å². The van der Waals surface area contributed by atoms with Crippen molar-refractivity contribution in [1.29, 1.82) is 0 Å². The van der Waals surface area contributed by atoms with Gasteiger partial charge in [-0.3, -0.25) is 0 Å². The number of hydrogen-bond acceptors (Lipinski definition) is 5. The van der Waals surface area contributed by atoms with Crippen molar-refractivity contribution in [2.45, 2.75) is 6.92 Å². The van der Waals surface area contributed by atoms with Gasteiger partial charge in [-0.2, -0.15) is 0 Å². The number of carboxylic acids is 2. The summed E-state index contributed by atoms with van der Waals surface area (Å²) >= 11 is 6.04. The molecule has 3 aromatic rings. The Kier molecular flexibility index (Phi) is 4.37. The Morgan fingerprint density at radius 3 is 2.56 bits per heavy atom. The number of rotatable bonds is 5. The summed E-state index contributed by atoms with van der Waals surface area (Å²) in [5.74, 6) is -2.48. The third-order valence-corrected chi connectivity index (χ3v) is 4.04. The summed E-state index contributed by atoms with van der Waals surface area (Å²) in [7, 11) is 0. The molecule has 1 aromatic heterocycles. The van der Waals surface area contributed by atoms with E-state index in [0.29, 0.717) is 27.3 Å². The molecule has 0 saturated heterocycles. The minimum atomic E-state index is -1.37. The van der Waals surface area contributed by atoms with Crippen LogP contribution in [0.4, 0.5) is 0 Å². The summed E-state index contributed by atoms with van der Waals surface area (Å²) in [5, 5.41) is 23.1. The quantitative estimate of drug-likeness (QED) is 0.681. The van der Waals surface area contributed by atoms with E-state index in [0.717, 1.165) is 0 Å². The first-order chi connectivity index (χ1) is 11.9. The molecule has 0 amide bonds. The van der Waals surface area contributed by atoms with E-state index in [-0.39, 0.29) is 11.3 Å². The van der Waals surface area contributed by atoms with Gasteiger partial charge in [-0.15, -0.1) is 0 Å². The van der Waals surface area contributed by atoms with Crippen LogP contribution in [0.15, 0.2) is 42.5 Å². The van der Waals surface area contributed by atoms with E-state index >= 15 is 0 Å². The van der Waals surface area contributed by atoms with Crippen molar-refractivity contribution in [2.24, 2.45) is 0 Å². The van der Waals surface area contributed by atoms with Crippen molar-refractivity contribution in [2.75, 3.05) is 6.61 Å². The fraction of sp³-hybridized carbons (Fsp3) is 0.111. The number of carbonyl (C=O) groups is 2. The van der Waals surface area contributed by atoms with Gasteiger partial charge in [0.15, 0.2) is 0 Å². The van der Waals surface area contributed by atoms with Gasteiger partial charge in [-0.25, -0.2) is 0 Å². The lowest BCUT2D eigenvalue weighted by Gasteiger charge is -2.10. The van der Waals surface area contributed by atoms with Crippen LogP contribution >= 0.6 is 11.6 Å². The Balaban J connectivity index is 2.23. The van der Waals surface area contributed by atoms with E-state index < -0.39 is 18.5 Å². The summed E-state index contributed by atoms with van der Waals surface area (Å²) in [6.07, 6.45) is 0. The van der Waals surface area contributed by atoms with Crippen molar-refractivity contribution in [1.82, 2.24) is 4.57 Å². The number of halogens is 1. The number of carboxylic acid groups (broad SMARTS) is 2. The number of ether oxygens (including phenoxy) is 1. The van der Waals surface area contributed by atoms with Gasteiger partial charge < -0.3 is 29.1 Å². The molecule has 0 atom stereocenters. The van der Waals surface area contributed by atoms with Crippen LogP contribution in [0.1, 0.15) is 16.1 Å². The zero-order valence-corrected chi connectivity index (χ0v) is 13.9. The number of benzene rings is 2. The number of aromatic carboxylic acids is 1. The van der Waals surface area contributed by atoms with Gasteiger partial charge in [0.1, 0.15) is 12.4 Å². The first kappa shape index (κ1) is 16.9. The zero-order chi connectivity index (χ0) is 18.1. The van der Waals surface area contributed by atoms with E-state index in [9.17, 15) is 19.8 Å². The standard InChI is InChI=1S/C18H14ClNO5/c1-10-17(18(23)24)14-8-13(25-9-16(21)22)5-6-15(14)20(10)12-4-2-3-11(19)7-12/h2-8H,9H2,1H3,(H,21,22)(H,23,24)/p-2. The third-order valence-electron chi connectivity index (χ3n) is 3.80. The molecule has 0 aliphatic rings. The summed E-state index contributed by atoms with van der Waals surface area (Å²) < 4.78 is 6.82. The molecule has 25 heavy (non-hydrogen) atoms. The van der Waals surface area contributed by atoms with Gasteiger partial charge in [0.25, 0.3) is 0 Å². The predicted molar refractivity (Wildman–Crippen MR) is 87.9 cm³/mol. The molecule has 7 heteroatoms. The Morgan fingerprint density at radius 1 is 1.16 bits per heavy atom. The van der Waals surface area contributed by atoms with Gasteiger partial charge in [0.05, 0.1) is 17.5 Å². The molecule has 0 saturated carbocycles. The molecular formula is C18H12ClNO5-2. The predicted octanol–water partition coefficient (Wildman–Crippen LogP) is 1.08. The minimum Gasteiger partial charge on any atom is -0.546 e. The normalized spacial score (nSPS) is 10.8. The Hall–Kier alpha value is -2.99. The maximum Gasteiger partial charge on any atom is 0.128 e. The van der Waals surface area contributed by atoms with Crippen LogP contribution in [0.2, 0.25) is 5.02 Å². The van der Waals surface area contributed by atoms with E-state index in [1.165, 1.54) is 6.07 Å². The highest BCUT2D eigenvalue weighted by atomic mass is 35.5. The van der Waals surface area contributed by atoms with Crippen LogP contribution in [0.3, 0.4) is 0 Å². The number of hydrogen-bond donors (Lipinski definition) is 0. The SMILES string of the molecule is Cc1c(C(=O)[O-])c2cc(OCC(=O)[O-])ccc2n1-c1cccc(Cl)c1. The monoisotopic (exact) mass is 357 g/mol. The fourth-order valence-electron chi connectivity index (χ4n) is 2.84. The van der Waals surface area contributed by atoms with Crippen LogP contribution in [0.25, 0.3) is 16.6 Å². The lowest BCUT2D eigenvalue weighted by molar-refractivity contribution is -0.307. The highest BCUT2D eigenvalue weighted by Gasteiger charge is 2.17. The van der Waals surface area contributed by atoms with Gasteiger partial charge in [-0.05, 0) is 43.3 Å². The Morgan fingerprint density at radius 2 is 1.92 bits per heavy atom. The number of aliphatic carboxylic acids is 1. The summed E-state index contributed by atoms with van der Waals surface area (Å²) in [6.45, 7) is 1.04. The first-order valence-corrected chi connectivity index (χ1v) is 7.71. The molecule has 0 fully saturated rings. The van der Waals surface area contributed by atoms with Gasteiger partial charge >= 0.3 is 0 Å². The largest absolute Gasteiger partial charge is 0.546 e. The Bertz CT molecular complexity index is 993. The first-order valence-electron chi connectivity index (χ1n) is 7.33. The van der Waals surface area contributed by atoms with Crippen molar-refractivity contribution < 1.29 is 24.5 Å². The van der Waals surface area contributed by atoms with Crippen LogP contribution in [-0.2, 0) is 4.79 Å². The minimum absolute atomic E-state index is 0.00822. The molecular weight excluding hydrogens is 346 g/mol. The second-order valence-electron chi connectivity index (χ2n) is 5.40. The molecule has 0 radical (unpaired) electrons. The summed E-state index contributed by atoms with van der Waals surface area (Å²) in [6, 6.07) is 11.7. The molecule has 0 N–H and O–H groups in total. The molecule has 0 aliphatic heterocycles. The smallest absolute Gasteiger partial charge is 0.128 e. The molecule has 0 spiro atoms. The third kappa shape index (κ3) is 3.16. The molecule has 1 heterocycles. The average Bonchev–Trinajstić information content (AvgIpc) is 2.84. The van der Waals surface area contributed by atoms with Crippen LogP contribution in [-0.4, -0.2) is 23.1 Å². The lowest BCUT2D eigenvalue weighted by Crippen LogP contribution is -2.28. The lowest BCUT2D eigenvalue weighted by atomic mass is 10.1. The molecule has 6 nitrogen and oxygen atoms in total. The average molecular weight is 358 g/mol. The maximum absolute atomic E-state index is 11.6. The number of carbonyl (C=O) groups excluding carboxylic acids is 2. The van der Waals surface area contributed by atoms with Crippen molar-refractivity contribution in [3.05, 3.63) is 58.7 Å². The highest BCUT2D eigenvalue weighted by Crippen LogP contribution is 2.32. The molecule has 0 unspecified atom stereocenters. The van der Waals surface area contributed by atoms with Crippen molar-refractivity contribution in [3.63, 3.8) is 0 Å². The molecule has 128 valence electrons. The van der Waals surface area contributed by atoms with Crippen LogP contribution < -0.4 is 14.9 Å². The van der Waals surface area contributed by atoms with Crippen LogP contribution in [0, 0.1) is 6.92 Å². The van der Waals surface area contributed by atoms with Gasteiger partial charge in [0, 0.05) is 27.4 Å². The highest BCUT2D eigenvalue weighted by molar-refractivity contribution is 6.30. The summed E-state index contributed by atoms with van der Waals surface area (Å²) in [5.41, 5.74) is 1.79. The molecule has 3 rings (SSSR count). The second kappa shape index (κ2) is 6.49. The van der Waals surface area contributed by atoms with E-state index in [4.69, 9.17) is 16.3 Å². The maximum atomic E-state index is 11.6. The van der Waals surface area contributed by atoms with Crippen molar-refractivity contribution in [3.8, 4) is 11.4 Å². The molecule has 0 bridgehead atoms. The molecule has 2 aromatic carbocycles. The van der Waals surface area contributed by atoms with Gasteiger partial charge in [0.2, 0.25) is 0 Å². The van der Waals surface area contributed by atoms with E-state index in [1.807, 2.05) is 0 Å². The van der Waals surface area contributed by atoms with Crippen molar-refractivity contribution >= 4 is 34.4 Å². The topological polar surface area (TPSA) is 94.4 Å². The van der Waals surface area contributed by atoms with E-state index in [1.54, 1.807) is 47.9 Å². The van der Waals surface area contributed by atoms with E-state index in [2.05, 4.69) is 0 Å².